The lowest BCUT2D eigenvalue weighted by Gasteiger charge is -2.16. The summed E-state index contributed by atoms with van der Waals surface area (Å²) in [5.74, 6) is 0.164. The number of sulfonamides is 1. The van der Waals surface area contributed by atoms with Gasteiger partial charge in [-0.25, -0.2) is 0 Å². The average molecular weight is 398 g/mol. The van der Waals surface area contributed by atoms with E-state index in [9.17, 15) is 18.5 Å². The number of nitrogens with zero attached hydrogens (tertiary/aromatic N) is 2. The molecule has 0 saturated carbocycles. The van der Waals surface area contributed by atoms with E-state index in [0.29, 0.717) is 4.90 Å². The maximum Gasteiger partial charge on any atom is 0.288 e. The van der Waals surface area contributed by atoms with Crippen LogP contribution in [0, 0.1) is 10.1 Å². The highest BCUT2D eigenvalue weighted by Crippen LogP contribution is 2.21. The Hall–Kier alpha value is -2.14. The monoisotopic (exact) mass is 398 g/mol. The van der Waals surface area contributed by atoms with Crippen molar-refractivity contribution in [3.63, 3.8) is 0 Å². The molecule has 0 bridgehead atoms. The first-order valence-electron chi connectivity index (χ1n) is 7.41. The molecule has 140 valence electrons. The summed E-state index contributed by atoms with van der Waals surface area (Å²) in [5, 5.41) is 10.8. The Balaban J connectivity index is 2.48. The lowest BCUT2D eigenvalue weighted by Crippen LogP contribution is -2.22. The summed E-state index contributed by atoms with van der Waals surface area (Å²) in [6, 6.07) is 13.5. The smallest absolute Gasteiger partial charge is 0.288 e. The van der Waals surface area contributed by atoms with Gasteiger partial charge in [0.2, 0.25) is 0 Å². The summed E-state index contributed by atoms with van der Waals surface area (Å²) in [6.45, 7) is 0. The van der Waals surface area contributed by atoms with Gasteiger partial charge in [0, 0.05) is 31.2 Å². The number of benzene rings is 2. The van der Waals surface area contributed by atoms with E-state index in [0.717, 1.165) is 0 Å². The first kappa shape index (κ1) is 20.2. The van der Waals surface area contributed by atoms with Crippen LogP contribution in [0.4, 0.5) is 5.69 Å². The van der Waals surface area contributed by atoms with Crippen molar-refractivity contribution in [3.05, 3.63) is 64.7 Å². The van der Waals surface area contributed by atoms with Gasteiger partial charge in [-0.2, -0.15) is 8.42 Å². The average Bonchev–Trinajstić information content (AvgIpc) is 2.65. The minimum Gasteiger partial charge on any atom is -0.355 e. The summed E-state index contributed by atoms with van der Waals surface area (Å²) >= 11 is 0. The lowest BCUT2D eigenvalue weighted by molar-refractivity contribution is -0.384. The summed E-state index contributed by atoms with van der Waals surface area (Å²) in [5.41, 5.74) is -0.0850. The second-order valence-corrected chi connectivity index (χ2v) is 8.60. The summed E-state index contributed by atoms with van der Waals surface area (Å²) in [6.07, 6.45) is -0.664. The van der Waals surface area contributed by atoms with Crippen LogP contribution in [0.5, 0.6) is 0 Å². The molecule has 0 aliphatic carbocycles. The van der Waals surface area contributed by atoms with Crippen LogP contribution in [-0.2, 0) is 30.2 Å². The Kier molecular flexibility index (Phi) is 6.98. The number of ether oxygens (including phenoxy) is 2. The maximum atomic E-state index is 12.6. The van der Waals surface area contributed by atoms with Gasteiger partial charge in [-0.15, -0.1) is 3.77 Å². The van der Waals surface area contributed by atoms with Crippen LogP contribution in [-0.4, -0.2) is 39.6 Å². The largest absolute Gasteiger partial charge is 0.355 e. The zero-order valence-electron chi connectivity index (χ0n) is 14.1. The zero-order chi connectivity index (χ0) is 19.2. The molecule has 0 fully saturated rings. The van der Waals surface area contributed by atoms with E-state index in [4.69, 9.17) is 9.47 Å². The van der Waals surface area contributed by atoms with E-state index < -0.39 is 31.9 Å². The summed E-state index contributed by atoms with van der Waals surface area (Å²) in [4.78, 5) is 10.9. The van der Waals surface area contributed by atoms with Crippen molar-refractivity contribution in [1.29, 1.82) is 0 Å². The molecule has 0 N–H and O–H groups in total. The van der Waals surface area contributed by atoms with Crippen LogP contribution in [0.2, 0.25) is 0 Å². The summed E-state index contributed by atoms with van der Waals surface area (Å²) < 4.78 is 39.5. The van der Waals surface area contributed by atoms with E-state index in [1.807, 2.05) is 0 Å². The zero-order valence-corrected chi connectivity index (χ0v) is 15.8. The highest BCUT2D eigenvalue weighted by molar-refractivity contribution is 8.00. The van der Waals surface area contributed by atoms with Gasteiger partial charge < -0.3 is 9.47 Å². The number of hydrogen-bond donors (Lipinski definition) is 0. The molecule has 2 rings (SSSR count). The van der Waals surface area contributed by atoms with Crippen LogP contribution in [0.25, 0.3) is 0 Å². The highest BCUT2D eigenvalue weighted by atomic mass is 32.3. The fraction of sp³-hybridized carbons (Fsp3) is 0.250. The molecule has 8 nitrogen and oxygen atoms in total. The van der Waals surface area contributed by atoms with E-state index in [1.165, 1.54) is 50.6 Å². The molecule has 0 aromatic heterocycles. The molecule has 1 atom stereocenters. The van der Waals surface area contributed by atoms with Crippen LogP contribution in [0.15, 0.2) is 68.2 Å². The van der Waals surface area contributed by atoms with Crippen LogP contribution < -0.4 is 0 Å². The van der Waals surface area contributed by atoms with Crippen molar-refractivity contribution in [2.75, 3.05) is 20.0 Å². The Morgan fingerprint density at radius 1 is 1.08 bits per heavy atom. The minimum atomic E-state index is -3.90. The number of rotatable bonds is 8. The number of nitro groups is 1. The molecule has 0 spiro atoms. The number of hydrogen-bond acceptors (Lipinski definition) is 6. The fourth-order valence-electron chi connectivity index (χ4n) is 2.01. The second-order valence-electron chi connectivity index (χ2n) is 5.05. The van der Waals surface area contributed by atoms with Gasteiger partial charge in [0.1, 0.15) is 0 Å². The molecule has 0 aliphatic rings. The van der Waals surface area contributed by atoms with E-state index in [1.54, 1.807) is 18.2 Å². The van der Waals surface area contributed by atoms with E-state index in [-0.39, 0.29) is 16.3 Å². The summed E-state index contributed by atoms with van der Waals surface area (Å²) in [7, 11) is -2.17. The molecule has 2 aromatic carbocycles. The molecule has 0 heterocycles. The SMILES string of the molecule is COC(C[S@](=NS(=O)(=O)c1ccccc1)c1ccc([N+](=O)[O-])cc1)OC. The lowest BCUT2D eigenvalue weighted by atomic mass is 10.3. The van der Waals surface area contributed by atoms with E-state index in [2.05, 4.69) is 3.77 Å². The molecule has 0 amide bonds. The third-order valence-corrected chi connectivity index (χ3v) is 7.15. The maximum absolute atomic E-state index is 12.6. The van der Waals surface area contributed by atoms with Gasteiger partial charge in [0.15, 0.2) is 6.29 Å². The van der Waals surface area contributed by atoms with Gasteiger partial charge in [0.05, 0.1) is 15.6 Å². The van der Waals surface area contributed by atoms with Gasteiger partial charge in [0.25, 0.3) is 15.7 Å². The molecule has 0 unspecified atom stereocenters. The first-order chi connectivity index (χ1) is 12.4. The topological polar surface area (TPSA) is 108 Å². The third kappa shape index (κ3) is 5.18. The number of methoxy groups -OCH3 is 2. The molecule has 10 heteroatoms. The molecule has 2 aromatic rings. The first-order valence-corrected chi connectivity index (χ1v) is 10.2. The predicted molar refractivity (Wildman–Crippen MR) is 97.5 cm³/mol. The van der Waals surface area contributed by atoms with Gasteiger partial charge in [-0.1, -0.05) is 18.2 Å². The van der Waals surface area contributed by atoms with Crippen LogP contribution in [0.1, 0.15) is 0 Å². The molecule has 0 radical (unpaired) electrons. The Morgan fingerprint density at radius 3 is 2.15 bits per heavy atom. The van der Waals surface area contributed by atoms with E-state index >= 15 is 0 Å². The van der Waals surface area contributed by atoms with Crippen LogP contribution in [0.3, 0.4) is 0 Å². The van der Waals surface area contributed by atoms with Crippen molar-refractivity contribution in [1.82, 2.24) is 0 Å². The van der Waals surface area contributed by atoms with Gasteiger partial charge in [-0.3, -0.25) is 10.1 Å². The molecular formula is C16H18N2O6S2. The van der Waals surface area contributed by atoms with Gasteiger partial charge >= 0.3 is 0 Å². The Bertz CT molecular complexity index is 879. The highest BCUT2D eigenvalue weighted by Gasteiger charge is 2.18. The van der Waals surface area contributed by atoms with Crippen LogP contribution >= 0.6 is 0 Å². The predicted octanol–water partition coefficient (Wildman–Crippen LogP) is 2.76. The minimum absolute atomic E-state index is 0.0748. The standard InChI is InChI=1S/C16H18N2O6S2/c1-23-16(24-2)12-25(14-10-8-13(9-11-14)18(19)20)17-26(21,22)15-6-4-3-5-7-15/h3-11,16H,12H2,1-2H3/t25-/m0/s1. The quantitative estimate of drug-likeness (QED) is 0.384. The molecule has 26 heavy (non-hydrogen) atoms. The van der Waals surface area contributed by atoms with Crippen molar-refractivity contribution < 1.29 is 22.8 Å². The van der Waals surface area contributed by atoms with Crippen molar-refractivity contribution >= 4 is 26.4 Å². The van der Waals surface area contributed by atoms with Gasteiger partial charge in [-0.05, 0) is 35.0 Å². The number of non-ortho nitro benzene ring substituents is 1. The molecule has 0 saturated heterocycles. The fourth-order valence-corrected chi connectivity index (χ4v) is 5.56. The molecular weight excluding hydrogens is 380 g/mol. The van der Waals surface area contributed by atoms with Crippen molar-refractivity contribution in [2.45, 2.75) is 16.1 Å². The second kappa shape index (κ2) is 8.99. The van der Waals surface area contributed by atoms with Crippen molar-refractivity contribution in [3.8, 4) is 0 Å². The molecule has 0 aliphatic heterocycles. The Morgan fingerprint density at radius 2 is 1.65 bits per heavy atom. The normalized spacial score (nSPS) is 13.0. The van der Waals surface area contributed by atoms with Crippen molar-refractivity contribution in [2.24, 2.45) is 3.77 Å². The number of nitro benzene ring substituents is 1. The third-order valence-electron chi connectivity index (χ3n) is 3.37. The Labute approximate surface area is 154 Å².